The predicted molar refractivity (Wildman–Crippen MR) is 75.1 cm³/mol. The first-order valence-corrected chi connectivity index (χ1v) is 7.12. The molecule has 98 valence electrons. The molecule has 0 spiro atoms. The third-order valence-electron chi connectivity index (χ3n) is 3.54. The Kier molecular flexibility index (Phi) is 2.98. The third kappa shape index (κ3) is 2.10. The van der Waals surface area contributed by atoms with Crippen molar-refractivity contribution in [1.82, 2.24) is 4.90 Å². The molecule has 0 radical (unpaired) electrons. The summed E-state index contributed by atoms with van der Waals surface area (Å²) < 4.78 is 1.16. The number of primary amides is 1. The molecule has 5 heteroatoms. The molecule has 0 saturated carbocycles. The van der Waals surface area contributed by atoms with Crippen LogP contribution in [0.2, 0.25) is 0 Å². The topological polar surface area (TPSA) is 63.4 Å². The maximum Gasteiger partial charge on any atom is 0.254 e. The van der Waals surface area contributed by atoms with E-state index < -0.39 is 11.9 Å². The SMILES string of the molecule is NC(=O)C1CCCN1C(=O)c1ccc2sccc2c1. The van der Waals surface area contributed by atoms with Gasteiger partial charge in [-0.1, -0.05) is 0 Å². The van der Waals surface area contributed by atoms with Crippen molar-refractivity contribution in [3.05, 3.63) is 35.2 Å². The first-order chi connectivity index (χ1) is 9.16. The maximum absolute atomic E-state index is 12.4. The number of amides is 2. The van der Waals surface area contributed by atoms with Crippen LogP contribution in [0.5, 0.6) is 0 Å². The first kappa shape index (κ1) is 12.2. The van der Waals surface area contributed by atoms with E-state index in [9.17, 15) is 9.59 Å². The standard InChI is InChI=1S/C14H14N2O2S/c15-13(17)11-2-1-6-16(11)14(18)10-3-4-12-9(8-10)5-7-19-12/h3-5,7-8,11H,1-2,6H2,(H2,15,17). The molecular formula is C14H14N2O2S. The zero-order valence-electron chi connectivity index (χ0n) is 10.3. The van der Waals surface area contributed by atoms with Gasteiger partial charge in [-0.05, 0) is 47.9 Å². The number of hydrogen-bond donors (Lipinski definition) is 1. The lowest BCUT2D eigenvalue weighted by molar-refractivity contribution is -0.121. The zero-order chi connectivity index (χ0) is 13.4. The number of hydrogen-bond acceptors (Lipinski definition) is 3. The average molecular weight is 274 g/mol. The first-order valence-electron chi connectivity index (χ1n) is 6.24. The highest BCUT2D eigenvalue weighted by atomic mass is 32.1. The number of rotatable bonds is 2. The van der Waals surface area contributed by atoms with Crippen LogP contribution in [0.4, 0.5) is 0 Å². The Hall–Kier alpha value is -1.88. The molecule has 0 aliphatic carbocycles. The average Bonchev–Trinajstić information content (AvgIpc) is 3.05. The second-order valence-electron chi connectivity index (χ2n) is 4.73. The van der Waals surface area contributed by atoms with E-state index in [-0.39, 0.29) is 5.91 Å². The number of nitrogens with zero attached hydrogens (tertiary/aromatic N) is 1. The molecule has 2 aromatic rings. The predicted octanol–water partition coefficient (Wildman–Crippen LogP) is 1.99. The number of nitrogens with two attached hydrogens (primary N) is 1. The van der Waals surface area contributed by atoms with Gasteiger partial charge in [0.2, 0.25) is 5.91 Å². The summed E-state index contributed by atoms with van der Waals surface area (Å²) in [6, 6.07) is 7.18. The summed E-state index contributed by atoms with van der Waals surface area (Å²) in [5.74, 6) is -0.517. The van der Waals surface area contributed by atoms with E-state index in [1.807, 2.05) is 29.6 Å². The van der Waals surface area contributed by atoms with Crippen molar-refractivity contribution in [3.8, 4) is 0 Å². The van der Waals surface area contributed by atoms with Crippen molar-refractivity contribution in [2.75, 3.05) is 6.54 Å². The molecule has 2 heterocycles. The fourth-order valence-corrected chi connectivity index (χ4v) is 3.34. The summed E-state index contributed by atoms with van der Waals surface area (Å²) in [4.78, 5) is 25.4. The molecule has 1 aromatic carbocycles. The van der Waals surface area contributed by atoms with E-state index in [0.29, 0.717) is 18.5 Å². The maximum atomic E-state index is 12.4. The van der Waals surface area contributed by atoms with Gasteiger partial charge in [-0.25, -0.2) is 0 Å². The van der Waals surface area contributed by atoms with Crippen LogP contribution in [0.15, 0.2) is 29.6 Å². The molecule has 1 aliphatic rings. The van der Waals surface area contributed by atoms with Crippen molar-refractivity contribution >= 4 is 33.2 Å². The van der Waals surface area contributed by atoms with Gasteiger partial charge in [-0.2, -0.15) is 0 Å². The highest BCUT2D eigenvalue weighted by Gasteiger charge is 2.33. The van der Waals surface area contributed by atoms with Gasteiger partial charge in [0.1, 0.15) is 6.04 Å². The third-order valence-corrected chi connectivity index (χ3v) is 4.44. The summed E-state index contributed by atoms with van der Waals surface area (Å²) in [7, 11) is 0. The van der Waals surface area contributed by atoms with Gasteiger partial charge in [-0.15, -0.1) is 11.3 Å². The number of carbonyl (C=O) groups is 2. The number of fused-ring (bicyclic) bond motifs is 1. The second-order valence-corrected chi connectivity index (χ2v) is 5.68. The van der Waals surface area contributed by atoms with Crippen molar-refractivity contribution in [2.45, 2.75) is 18.9 Å². The van der Waals surface area contributed by atoms with Crippen LogP contribution in [0.1, 0.15) is 23.2 Å². The fourth-order valence-electron chi connectivity index (χ4n) is 2.57. The van der Waals surface area contributed by atoms with Crippen LogP contribution in [0, 0.1) is 0 Å². The largest absolute Gasteiger partial charge is 0.368 e. The summed E-state index contributed by atoms with van der Waals surface area (Å²) in [5.41, 5.74) is 5.97. The van der Waals surface area contributed by atoms with E-state index in [4.69, 9.17) is 5.73 Å². The van der Waals surface area contributed by atoms with Crippen molar-refractivity contribution in [1.29, 1.82) is 0 Å². The Morgan fingerprint density at radius 3 is 2.95 bits per heavy atom. The summed E-state index contributed by atoms with van der Waals surface area (Å²) in [5, 5.41) is 3.06. The van der Waals surface area contributed by atoms with E-state index in [2.05, 4.69) is 0 Å². The van der Waals surface area contributed by atoms with Crippen molar-refractivity contribution in [2.24, 2.45) is 5.73 Å². The normalized spacial score (nSPS) is 18.9. The molecule has 0 bridgehead atoms. The Morgan fingerprint density at radius 1 is 1.32 bits per heavy atom. The minimum Gasteiger partial charge on any atom is -0.368 e. The molecule has 1 atom stereocenters. The van der Waals surface area contributed by atoms with Crippen LogP contribution >= 0.6 is 11.3 Å². The van der Waals surface area contributed by atoms with Gasteiger partial charge >= 0.3 is 0 Å². The Balaban J connectivity index is 1.92. The molecule has 1 aliphatic heterocycles. The minimum atomic E-state index is -0.453. The molecule has 3 rings (SSSR count). The summed E-state index contributed by atoms with van der Waals surface area (Å²) in [6.45, 7) is 0.605. The molecule has 1 saturated heterocycles. The van der Waals surface area contributed by atoms with Crippen LogP contribution in [0.25, 0.3) is 10.1 Å². The van der Waals surface area contributed by atoms with Crippen LogP contribution in [-0.2, 0) is 4.79 Å². The van der Waals surface area contributed by atoms with Gasteiger partial charge < -0.3 is 10.6 Å². The van der Waals surface area contributed by atoms with Gasteiger partial charge in [-0.3, -0.25) is 9.59 Å². The number of benzene rings is 1. The lowest BCUT2D eigenvalue weighted by atomic mass is 10.1. The number of likely N-dealkylation sites (tertiary alicyclic amines) is 1. The summed E-state index contributed by atoms with van der Waals surface area (Å²) in [6.07, 6.45) is 1.50. The fraction of sp³-hybridized carbons (Fsp3) is 0.286. The molecule has 2 amide bonds. The monoisotopic (exact) mass is 274 g/mol. The van der Waals surface area contributed by atoms with Gasteiger partial charge in [0.15, 0.2) is 0 Å². The second kappa shape index (κ2) is 4.66. The van der Waals surface area contributed by atoms with E-state index in [0.717, 1.165) is 16.5 Å². The Labute approximate surface area is 114 Å². The quantitative estimate of drug-likeness (QED) is 0.910. The Bertz CT molecular complexity index is 650. The molecule has 2 N–H and O–H groups in total. The molecule has 1 aromatic heterocycles. The van der Waals surface area contributed by atoms with Gasteiger partial charge in [0.25, 0.3) is 5.91 Å². The number of carbonyl (C=O) groups excluding carboxylic acids is 2. The zero-order valence-corrected chi connectivity index (χ0v) is 11.2. The van der Waals surface area contributed by atoms with Crippen LogP contribution in [-0.4, -0.2) is 29.3 Å². The van der Waals surface area contributed by atoms with Crippen LogP contribution < -0.4 is 5.73 Å². The van der Waals surface area contributed by atoms with E-state index in [1.165, 1.54) is 0 Å². The van der Waals surface area contributed by atoms with Gasteiger partial charge in [0, 0.05) is 16.8 Å². The number of thiophene rings is 1. The van der Waals surface area contributed by atoms with Crippen molar-refractivity contribution in [3.63, 3.8) is 0 Å². The Morgan fingerprint density at radius 2 is 2.16 bits per heavy atom. The van der Waals surface area contributed by atoms with E-state index in [1.54, 1.807) is 16.2 Å². The molecule has 1 unspecified atom stereocenters. The molecule has 1 fully saturated rings. The highest BCUT2D eigenvalue weighted by Crippen LogP contribution is 2.24. The smallest absolute Gasteiger partial charge is 0.254 e. The summed E-state index contributed by atoms with van der Waals surface area (Å²) >= 11 is 1.65. The highest BCUT2D eigenvalue weighted by molar-refractivity contribution is 7.17. The lowest BCUT2D eigenvalue weighted by Gasteiger charge is -2.22. The minimum absolute atomic E-state index is 0.102. The van der Waals surface area contributed by atoms with E-state index >= 15 is 0 Å². The molecule has 19 heavy (non-hydrogen) atoms. The van der Waals surface area contributed by atoms with Crippen LogP contribution in [0.3, 0.4) is 0 Å². The van der Waals surface area contributed by atoms with Gasteiger partial charge in [0.05, 0.1) is 0 Å². The molecular weight excluding hydrogens is 260 g/mol. The lowest BCUT2D eigenvalue weighted by Crippen LogP contribution is -2.43. The van der Waals surface area contributed by atoms with Crippen molar-refractivity contribution < 1.29 is 9.59 Å². The molecule has 4 nitrogen and oxygen atoms in total.